The molecule has 2 unspecified atom stereocenters. The number of hydrogen-bond acceptors (Lipinski definition) is 7. The maximum Gasteiger partial charge on any atom is 0.251 e. The predicted molar refractivity (Wildman–Crippen MR) is 144 cm³/mol. The van der Waals surface area contributed by atoms with Crippen molar-refractivity contribution >= 4 is 29.1 Å². The fourth-order valence-corrected chi connectivity index (χ4v) is 6.34. The summed E-state index contributed by atoms with van der Waals surface area (Å²) in [5.74, 6) is 0.659. The Balaban J connectivity index is 1.14. The molecule has 2 amide bonds. The number of Topliss-reactive ketones (excluding diaryl/α,β-unsaturated/α-hetero) is 1. The molecule has 2 bridgehead atoms. The lowest BCUT2D eigenvalue weighted by Gasteiger charge is -2.40. The van der Waals surface area contributed by atoms with Gasteiger partial charge in [-0.3, -0.25) is 14.4 Å². The smallest absolute Gasteiger partial charge is 0.251 e. The zero-order valence-electron chi connectivity index (χ0n) is 21.7. The first kappa shape index (κ1) is 24.9. The molecule has 1 saturated carbocycles. The Bertz CT molecular complexity index is 1240. The molecule has 0 spiro atoms. The quantitative estimate of drug-likeness (QED) is 0.459. The van der Waals surface area contributed by atoms with Crippen molar-refractivity contribution in [3.05, 3.63) is 52.7 Å². The van der Waals surface area contributed by atoms with E-state index >= 15 is 0 Å². The van der Waals surface area contributed by atoms with Gasteiger partial charge in [0.05, 0.1) is 18.2 Å². The molecule has 1 aromatic heterocycles. The van der Waals surface area contributed by atoms with Crippen LogP contribution in [0.5, 0.6) is 0 Å². The molecule has 4 heterocycles. The minimum Gasteiger partial charge on any atom is -0.379 e. The second kappa shape index (κ2) is 10.0. The number of ketones is 1. The lowest BCUT2D eigenvalue weighted by Crippen LogP contribution is -2.50. The fourth-order valence-electron chi connectivity index (χ4n) is 6.34. The number of hydrogen-bond donors (Lipinski definition) is 3. The Morgan fingerprint density at radius 3 is 2.37 bits per heavy atom. The SMILES string of the molecule is Cc1cc(C(N)=O)c(N[C@H]2CCOC2)cc1C(=O)NC1CC2CCC(C1)N2c1ccc(C(=O)C2CC2)cn1. The summed E-state index contributed by atoms with van der Waals surface area (Å²) in [5, 5.41) is 6.61. The van der Waals surface area contributed by atoms with Crippen LogP contribution in [0, 0.1) is 12.8 Å². The summed E-state index contributed by atoms with van der Waals surface area (Å²) in [6.45, 7) is 3.06. The Morgan fingerprint density at radius 2 is 1.76 bits per heavy atom. The van der Waals surface area contributed by atoms with E-state index in [0.717, 1.165) is 56.3 Å². The Labute approximate surface area is 222 Å². The number of aromatic nitrogens is 1. The van der Waals surface area contributed by atoms with Crippen LogP contribution in [0.2, 0.25) is 0 Å². The largest absolute Gasteiger partial charge is 0.379 e. The van der Waals surface area contributed by atoms with Gasteiger partial charge in [0.1, 0.15) is 5.82 Å². The van der Waals surface area contributed by atoms with Crippen LogP contribution in [0.4, 0.5) is 11.5 Å². The van der Waals surface area contributed by atoms with Gasteiger partial charge in [0, 0.05) is 53.7 Å². The van der Waals surface area contributed by atoms with Crippen molar-refractivity contribution in [3.8, 4) is 0 Å². The Morgan fingerprint density at radius 1 is 1.00 bits per heavy atom. The maximum absolute atomic E-state index is 13.4. The van der Waals surface area contributed by atoms with E-state index in [1.54, 1.807) is 18.3 Å². The minimum absolute atomic E-state index is 0.0572. The number of nitrogens with two attached hydrogens (primary N) is 1. The van der Waals surface area contributed by atoms with Gasteiger partial charge in [-0.05, 0) is 81.7 Å². The number of fused-ring (bicyclic) bond motifs is 2. The number of primary amides is 1. The van der Waals surface area contributed by atoms with Crippen molar-refractivity contribution in [1.82, 2.24) is 10.3 Å². The molecule has 38 heavy (non-hydrogen) atoms. The Kier molecular flexibility index (Phi) is 6.55. The van der Waals surface area contributed by atoms with E-state index in [1.807, 2.05) is 19.1 Å². The zero-order valence-corrected chi connectivity index (χ0v) is 21.7. The second-order valence-corrected chi connectivity index (χ2v) is 11.3. The summed E-state index contributed by atoms with van der Waals surface area (Å²) in [5.41, 5.74) is 8.56. The molecule has 1 aromatic carbocycles. The number of carbonyl (C=O) groups excluding carboxylic acids is 3. The molecule has 4 N–H and O–H groups in total. The third-order valence-electron chi connectivity index (χ3n) is 8.48. The summed E-state index contributed by atoms with van der Waals surface area (Å²) < 4.78 is 5.44. The van der Waals surface area contributed by atoms with Gasteiger partial charge >= 0.3 is 0 Å². The first-order valence-corrected chi connectivity index (χ1v) is 13.8. The number of aryl methyl sites for hydroxylation is 1. The normalized spacial score (nSPS) is 26.3. The van der Waals surface area contributed by atoms with Crippen molar-refractivity contribution in [2.75, 3.05) is 23.4 Å². The molecule has 9 nitrogen and oxygen atoms in total. The van der Waals surface area contributed by atoms with Gasteiger partial charge in [0.15, 0.2) is 5.78 Å². The molecule has 3 aliphatic heterocycles. The summed E-state index contributed by atoms with van der Waals surface area (Å²) in [7, 11) is 0. The molecule has 3 atom stereocenters. The van der Waals surface area contributed by atoms with Gasteiger partial charge in [0.2, 0.25) is 0 Å². The number of carbonyl (C=O) groups is 3. The number of pyridine rings is 1. The van der Waals surface area contributed by atoms with E-state index in [9.17, 15) is 14.4 Å². The third-order valence-corrected chi connectivity index (χ3v) is 8.48. The highest BCUT2D eigenvalue weighted by atomic mass is 16.5. The van der Waals surface area contributed by atoms with Gasteiger partial charge in [-0.15, -0.1) is 0 Å². The lowest BCUT2D eigenvalue weighted by molar-refractivity contribution is 0.0923. The van der Waals surface area contributed by atoms with Crippen LogP contribution in [0.3, 0.4) is 0 Å². The van der Waals surface area contributed by atoms with Crippen molar-refractivity contribution in [2.24, 2.45) is 11.7 Å². The van der Waals surface area contributed by atoms with Crippen LogP contribution in [0.15, 0.2) is 30.5 Å². The van der Waals surface area contributed by atoms with Gasteiger partial charge in [0.25, 0.3) is 11.8 Å². The minimum atomic E-state index is -0.524. The van der Waals surface area contributed by atoms with E-state index in [2.05, 4.69) is 20.5 Å². The van der Waals surface area contributed by atoms with E-state index in [-0.39, 0.29) is 29.7 Å². The van der Waals surface area contributed by atoms with Crippen molar-refractivity contribution in [1.29, 1.82) is 0 Å². The summed E-state index contributed by atoms with van der Waals surface area (Å²) in [4.78, 5) is 44.9. The highest BCUT2D eigenvalue weighted by Crippen LogP contribution is 2.39. The maximum atomic E-state index is 13.4. The molecule has 200 valence electrons. The number of nitrogens with one attached hydrogen (secondary N) is 2. The molecule has 2 aromatic rings. The Hall–Kier alpha value is -3.46. The molecule has 0 radical (unpaired) electrons. The third kappa shape index (κ3) is 4.87. The average molecular weight is 518 g/mol. The van der Waals surface area contributed by atoms with Crippen molar-refractivity contribution in [3.63, 3.8) is 0 Å². The molecular weight excluding hydrogens is 482 g/mol. The van der Waals surface area contributed by atoms with Crippen molar-refractivity contribution in [2.45, 2.75) is 76.0 Å². The van der Waals surface area contributed by atoms with Crippen LogP contribution in [-0.2, 0) is 4.74 Å². The second-order valence-electron chi connectivity index (χ2n) is 11.3. The van der Waals surface area contributed by atoms with Crippen molar-refractivity contribution < 1.29 is 19.1 Å². The standard InChI is InChI=1S/C29H35N5O4/c1-16-10-24(28(30)36)25(32-19-8-9-38-15-19)13-23(16)29(37)33-20-11-21-5-6-22(12-20)34(21)26-7-4-18(14-31-26)27(35)17-2-3-17/h4,7,10,13-14,17,19-22,32H,2-3,5-6,8-9,11-12,15H2,1H3,(H2,30,36)(H,33,37)/t19-,20?,21?,22?/m0/s1. The molecule has 4 fully saturated rings. The molecule has 3 saturated heterocycles. The lowest BCUT2D eigenvalue weighted by atomic mass is 9.95. The van der Waals surface area contributed by atoms with Crippen LogP contribution < -0.4 is 21.3 Å². The number of anilines is 2. The van der Waals surface area contributed by atoms with Gasteiger partial charge in [-0.25, -0.2) is 4.98 Å². The van der Waals surface area contributed by atoms with Gasteiger partial charge in [-0.1, -0.05) is 0 Å². The number of amides is 2. The van der Waals surface area contributed by atoms with E-state index in [0.29, 0.717) is 47.7 Å². The van der Waals surface area contributed by atoms with Crippen LogP contribution in [0.1, 0.15) is 81.6 Å². The van der Waals surface area contributed by atoms with Gasteiger partial charge in [-0.2, -0.15) is 0 Å². The topological polar surface area (TPSA) is 127 Å². The molecule has 6 rings (SSSR count). The highest BCUT2D eigenvalue weighted by Gasteiger charge is 2.42. The monoisotopic (exact) mass is 517 g/mol. The first-order valence-electron chi connectivity index (χ1n) is 13.8. The number of rotatable bonds is 8. The highest BCUT2D eigenvalue weighted by molar-refractivity contribution is 6.03. The van der Waals surface area contributed by atoms with Crippen LogP contribution in [-0.4, -0.2) is 60.0 Å². The molecule has 1 aliphatic carbocycles. The number of ether oxygens (including phenoxy) is 1. The van der Waals surface area contributed by atoms with E-state index in [1.165, 1.54) is 0 Å². The number of benzene rings is 1. The fraction of sp³-hybridized carbons (Fsp3) is 0.517. The number of piperidine rings is 1. The first-order chi connectivity index (χ1) is 18.4. The van der Waals surface area contributed by atoms with Gasteiger partial charge < -0.3 is 26.0 Å². The van der Waals surface area contributed by atoms with E-state index < -0.39 is 5.91 Å². The molecular formula is C29H35N5O4. The predicted octanol–water partition coefficient (Wildman–Crippen LogP) is 3.21. The molecule has 9 heteroatoms. The molecule has 4 aliphatic rings. The summed E-state index contributed by atoms with van der Waals surface area (Å²) in [6.07, 6.45) is 8.36. The summed E-state index contributed by atoms with van der Waals surface area (Å²) in [6, 6.07) is 8.09. The van der Waals surface area contributed by atoms with Crippen LogP contribution in [0.25, 0.3) is 0 Å². The van der Waals surface area contributed by atoms with E-state index in [4.69, 9.17) is 10.5 Å². The number of nitrogens with zero attached hydrogens (tertiary/aromatic N) is 2. The van der Waals surface area contributed by atoms with Crippen LogP contribution >= 0.6 is 0 Å². The zero-order chi connectivity index (χ0) is 26.4. The summed E-state index contributed by atoms with van der Waals surface area (Å²) >= 11 is 0. The average Bonchev–Trinajstić information content (AvgIpc) is 3.56.